The Morgan fingerprint density at radius 2 is 1.86 bits per heavy atom. The maximum absolute atomic E-state index is 13.0. The minimum Gasteiger partial charge on any atom is -0.497 e. The standard InChI is InChI=1S/C25H24N4O6/c1-33-18-8-5-16(6-9-18)23-22(26-15-34-23)24(31)27-17-7-10-20-19(13-17)29(25(32)35-20)14-21(30)28-11-3-2-4-12-28/h5-10,13,15H,2-4,11-12,14H2,1H3,(H,27,31). The van der Waals surface area contributed by atoms with Crippen molar-refractivity contribution in [1.82, 2.24) is 14.5 Å². The van der Waals surface area contributed by atoms with Gasteiger partial charge < -0.3 is 23.8 Å². The van der Waals surface area contributed by atoms with E-state index < -0.39 is 11.7 Å². The van der Waals surface area contributed by atoms with E-state index in [9.17, 15) is 14.4 Å². The van der Waals surface area contributed by atoms with Crippen LogP contribution in [0.4, 0.5) is 5.69 Å². The van der Waals surface area contributed by atoms with Crippen LogP contribution in [0.2, 0.25) is 0 Å². The molecule has 0 bridgehead atoms. The normalized spacial score (nSPS) is 13.7. The van der Waals surface area contributed by atoms with Crippen molar-refractivity contribution in [3.63, 3.8) is 0 Å². The summed E-state index contributed by atoms with van der Waals surface area (Å²) in [6, 6.07) is 11.9. The third-order valence-electron chi connectivity index (χ3n) is 6.06. The van der Waals surface area contributed by atoms with Gasteiger partial charge in [0.2, 0.25) is 5.91 Å². The first kappa shape index (κ1) is 22.5. The number of carbonyl (C=O) groups excluding carboxylic acids is 2. The van der Waals surface area contributed by atoms with Crippen LogP contribution in [-0.2, 0) is 11.3 Å². The van der Waals surface area contributed by atoms with Crippen LogP contribution in [-0.4, -0.2) is 46.5 Å². The van der Waals surface area contributed by atoms with E-state index in [1.165, 1.54) is 11.0 Å². The fourth-order valence-electron chi connectivity index (χ4n) is 4.21. The Hall–Kier alpha value is -4.34. The molecule has 1 saturated heterocycles. The SMILES string of the molecule is COc1ccc(-c2ocnc2C(=O)Nc2ccc3oc(=O)n(CC(=O)N4CCCCC4)c3c2)cc1. The van der Waals surface area contributed by atoms with E-state index in [4.69, 9.17) is 13.6 Å². The van der Waals surface area contributed by atoms with Gasteiger partial charge in [0.25, 0.3) is 5.91 Å². The van der Waals surface area contributed by atoms with Crippen LogP contribution in [0.15, 0.2) is 62.5 Å². The number of amides is 2. The number of aromatic nitrogens is 2. The number of anilines is 1. The Morgan fingerprint density at radius 1 is 1.09 bits per heavy atom. The third kappa shape index (κ3) is 4.54. The van der Waals surface area contributed by atoms with E-state index in [1.807, 2.05) is 0 Å². The fourth-order valence-corrected chi connectivity index (χ4v) is 4.21. The molecule has 180 valence electrons. The highest BCUT2D eigenvalue weighted by Crippen LogP contribution is 2.26. The molecule has 5 rings (SSSR count). The number of likely N-dealkylation sites (tertiary alicyclic amines) is 1. The summed E-state index contributed by atoms with van der Waals surface area (Å²) < 4.78 is 17.2. The largest absolute Gasteiger partial charge is 0.497 e. The number of fused-ring (bicyclic) bond motifs is 1. The van der Waals surface area contributed by atoms with E-state index in [0.29, 0.717) is 46.9 Å². The maximum atomic E-state index is 13.0. The predicted octanol–water partition coefficient (Wildman–Crippen LogP) is 3.52. The van der Waals surface area contributed by atoms with E-state index in [-0.39, 0.29) is 18.1 Å². The summed E-state index contributed by atoms with van der Waals surface area (Å²) in [5.74, 6) is -0.232. The van der Waals surface area contributed by atoms with Gasteiger partial charge in [0.05, 0.1) is 12.6 Å². The lowest BCUT2D eigenvalue weighted by Crippen LogP contribution is -2.39. The van der Waals surface area contributed by atoms with Gasteiger partial charge in [-0.3, -0.25) is 14.2 Å². The van der Waals surface area contributed by atoms with E-state index in [2.05, 4.69) is 10.3 Å². The second-order valence-electron chi connectivity index (χ2n) is 8.29. The fraction of sp³-hybridized carbons (Fsp3) is 0.280. The summed E-state index contributed by atoms with van der Waals surface area (Å²) in [6.45, 7) is 1.27. The van der Waals surface area contributed by atoms with E-state index in [0.717, 1.165) is 19.3 Å². The zero-order valence-electron chi connectivity index (χ0n) is 19.2. The highest BCUT2D eigenvalue weighted by molar-refractivity contribution is 6.07. The molecule has 0 saturated carbocycles. The predicted molar refractivity (Wildman–Crippen MR) is 127 cm³/mol. The molecule has 1 N–H and O–H groups in total. The summed E-state index contributed by atoms with van der Waals surface area (Å²) in [5, 5.41) is 2.78. The maximum Gasteiger partial charge on any atom is 0.420 e. The van der Waals surface area contributed by atoms with E-state index >= 15 is 0 Å². The lowest BCUT2D eigenvalue weighted by molar-refractivity contribution is -0.132. The Morgan fingerprint density at radius 3 is 2.60 bits per heavy atom. The zero-order chi connectivity index (χ0) is 24.4. The highest BCUT2D eigenvalue weighted by Gasteiger charge is 2.22. The van der Waals surface area contributed by atoms with Crippen molar-refractivity contribution in [3.8, 4) is 17.1 Å². The topological polar surface area (TPSA) is 120 Å². The summed E-state index contributed by atoms with van der Waals surface area (Å²) in [4.78, 5) is 44.0. The number of nitrogens with one attached hydrogen (secondary N) is 1. The molecule has 35 heavy (non-hydrogen) atoms. The van der Waals surface area contributed by atoms with Gasteiger partial charge in [-0.05, 0) is 61.7 Å². The van der Waals surface area contributed by atoms with Gasteiger partial charge in [0.15, 0.2) is 23.4 Å². The first-order valence-corrected chi connectivity index (χ1v) is 11.3. The summed E-state index contributed by atoms with van der Waals surface area (Å²) in [7, 11) is 1.57. The van der Waals surface area contributed by atoms with Crippen molar-refractivity contribution in [1.29, 1.82) is 0 Å². The number of hydrogen-bond donors (Lipinski definition) is 1. The molecule has 2 aromatic heterocycles. The number of nitrogens with zero attached hydrogens (tertiary/aromatic N) is 3. The minimum absolute atomic E-state index is 0.111. The van der Waals surface area contributed by atoms with Gasteiger partial charge in [0.1, 0.15) is 12.3 Å². The molecular formula is C25H24N4O6. The van der Waals surface area contributed by atoms with Crippen LogP contribution in [0.1, 0.15) is 29.8 Å². The molecule has 4 aromatic rings. The molecule has 2 amide bonds. The van der Waals surface area contributed by atoms with Crippen molar-refractivity contribution < 1.29 is 23.2 Å². The molecule has 3 heterocycles. The van der Waals surface area contributed by atoms with Crippen LogP contribution in [0.3, 0.4) is 0 Å². The number of hydrogen-bond acceptors (Lipinski definition) is 7. The first-order chi connectivity index (χ1) is 17.0. The van der Waals surface area contributed by atoms with Gasteiger partial charge in [0, 0.05) is 24.3 Å². The van der Waals surface area contributed by atoms with Gasteiger partial charge >= 0.3 is 5.76 Å². The number of benzene rings is 2. The average Bonchev–Trinajstić information content (AvgIpc) is 3.49. The Kier molecular flexibility index (Phi) is 6.09. The van der Waals surface area contributed by atoms with Crippen LogP contribution in [0.25, 0.3) is 22.4 Å². The van der Waals surface area contributed by atoms with Gasteiger partial charge in [-0.2, -0.15) is 0 Å². The zero-order valence-corrected chi connectivity index (χ0v) is 19.2. The van der Waals surface area contributed by atoms with Crippen LogP contribution in [0, 0.1) is 0 Å². The number of oxazole rings is 2. The van der Waals surface area contributed by atoms with Crippen LogP contribution in [0.5, 0.6) is 5.75 Å². The van der Waals surface area contributed by atoms with Crippen molar-refractivity contribution in [3.05, 3.63) is 65.1 Å². The molecule has 0 radical (unpaired) electrons. The Labute approximate surface area is 200 Å². The van der Waals surface area contributed by atoms with Gasteiger partial charge in [-0.1, -0.05) is 0 Å². The molecule has 0 aliphatic carbocycles. The first-order valence-electron chi connectivity index (χ1n) is 11.3. The number of rotatable bonds is 6. The molecular weight excluding hydrogens is 452 g/mol. The van der Waals surface area contributed by atoms with Crippen molar-refractivity contribution in [2.75, 3.05) is 25.5 Å². The molecule has 1 fully saturated rings. The third-order valence-corrected chi connectivity index (χ3v) is 6.06. The Balaban J connectivity index is 1.38. The molecule has 10 heteroatoms. The molecule has 10 nitrogen and oxygen atoms in total. The average molecular weight is 476 g/mol. The van der Waals surface area contributed by atoms with Crippen molar-refractivity contribution in [2.24, 2.45) is 0 Å². The summed E-state index contributed by atoms with van der Waals surface area (Å²) in [6.07, 6.45) is 4.23. The molecule has 0 spiro atoms. The number of ether oxygens (including phenoxy) is 1. The van der Waals surface area contributed by atoms with Crippen LogP contribution < -0.4 is 15.8 Å². The quantitative estimate of drug-likeness (QED) is 0.452. The number of piperidine rings is 1. The van der Waals surface area contributed by atoms with E-state index in [1.54, 1.807) is 54.5 Å². The summed E-state index contributed by atoms with van der Waals surface area (Å²) in [5.41, 5.74) is 1.96. The minimum atomic E-state index is -0.618. The number of carbonyl (C=O) groups is 2. The molecule has 0 unspecified atom stereocenters. The van der Waals surface area contributed by atoms with Crippen LogP contribution >= 0.6 is 0 Å². The lowest BCUT2D eigenvalue weighted by atomic mass is 10.1. The number of methoxy groups -OCH3 is 1. The summed E-state index contributed by atoms with van der Waals surface area (Å²) >= 11 is 0. The lowest BCUT2D eigenvalue weighted by Gasteiger charge is -2.26. The monoisotopic (exact) mass is 476 g/mol. The molecule has 2 aromatic carbocycles. The van der Waals surface area contributed by atoms with Crippen molar-refractivity contribution >= 4 is 28.6 Å². The second kappa shape index (κ2) is 9.49. The molecule has 1 aliphatic heterocycles. The van der Waals surface area contributed by atoms with Gasteiger partial charge in [-0.25, -0.2) is 9.78 Å². The molecule has 0 atom stereocenters. The second-order valence-corrected chi connectivity index (χ2v) is 8.29. The van der Waals surface area contributed by atoms with Crippen molar-refractivity contribution in [2.45, 2.75) is 25.8 Å². The Bertz CT molecular complexity index is 1430. The van der Waals surface area contributed by atoms with Gasteiger partial charge in [-0.15, -0.1) is 0 Å². The molecule has 1 aliphatic rings. The highest BCUT2D eigenvalue weighted by atomic mass is 16.5. The smallest absolute Gasteiger partial charge is 0.420 e.